The maximum atomic E-state index is 12.2. The monoisotopic (exact) mass is 288 g/mol. The van der Waals surface area contributed by atoms with Gasteiger partial charge in [-0.15, -0.1) is 0 Å². The minimum Gasteiger partial charge on any atom is -0.369 e. The molecular formula is C14H20N6O. The van der Waals surface area contributed by atoms with Gasteiger partial charge in [-0.2, -0.15) is 10.2 Å². The lowest BCUT2D eigenvalue weighted by molar-refractivity contribution is 0.0944. The number of amides is 1. The molecule has 1 amide bonds. The Bertz CT molecular complexity index is 656. The summed E-state index contributed by atoms with van der Waals surface area (Å²) >= 11 is 0. The first-order valence-corrected chi connectivity index (χ1v) is 7.17. The Morgan fingerprint density at radius 1 is 1.43 bits per heavy atom. The zero-order valence-corrected chi connectivity index (χ0v) is 12.5. The molecule has 3 rings (SSSR count). The Morgan fingerprint density at radius 3 is 2.90 bits per heavy atom. The van der Waals surface area contributed by atoms with Crippen molar-refractivity contribution in [3.8, 4) is 0 Å². The van der Waals surface area contributed by atoms with Crippen molar-refractivity contribution in [2.24, 2.45) is 7.05 Å². The number of hydrogen-bond donors (Lipinski definition) is 2. The number of rotatable bonds is 3. The first kappa shape index (κ1) is 13.7. The van der Waals surface area contributed by atoms with Crippen molar-refractivity contribution in [1.82, 2.24) is 24.9 Å². The predicted molar refractivity (Wildman–Crippen MR) is 79.3 cm³/mol. The van der Waals surface area contributed by atoms with Gasteiger partial charge in [0.15, 0.2) is 0 Å². The number of aryl methyl sites for hydroxylation is 1. The van der Waals surface area contributed by atoms with Crippen LogP contribution in [0, 0.1) is 0 Å². The van der Waals surface area contributed by atoms with Crippen molar-refractivity contribution in [1.29, 1.82) is 0 Å². The zero-order chi connectivity index (χ0) is 15.0. The van der Waals surface area contributed by atoms with E-state index in [0.717, 1.165) is 24.3 Å². The SMILES string of the molecule is CC(C)NC(=O)c1cnn2c1NCCC2c1cnn(C)c1. The van der Waals surface area contributed by atoms with Crippen molar-refractivity contribution in [2.45, 2.75) is 32.4 Å². The lowest BCUT2D eigenvalue weighted by Gasteiger charge is -2.25. The summed E-state index contributed by atoms with van der Waals surface area (Å²) in [4.78, 5) is 12.2. The molecule has 1 aliphatic rings. The van der Waals surface area contributed by atoms with Crippen LogP contribution in [0.4, 0.5) is 5.82 Å². The van der Waals surface area contributed by atoms with E-state index in [1.54, 1.807) is 10.9 Å². The van der Waals surface area contributed by atoms with Crippen LogP contribution in [0.2, 0.25) is 0 Å². The predicted octanol–water partition coefficient (Wildman–Crippen LogP) is 1.16. The number of nitrogens with zero attached hydrogens (tertiary/aromatic N) is 4. The van der Waals surface area contributed by atoms with Crippen molar-refractivity contribution in [2.75, 3.05) is 11.9 Å². The molecule has 0 aromatic carbocycles. The van der Waals surface area contributed by atoms with Crippen LogP contribution in [0.15, 0.2) is 18.6 Å². The van der Waals surface area contributed by atoms with Crippen LogP contribution in [0.25, 0.3) is 0 Å². The number of carbonyl (C=O) groups is 1. The van der Waals surface area contributed by atoms with Gasteiger partial charge in [0.2, 0.25) is 0 Å². The van der Waals surface area contributed by atoms with Gasteiger partial charge in [0.05, 0.1) is 18.4 Å². The van der Waals surface area contributed by atoms with Crippen molar-refractivity contribution in [3.63, 3.8) is 0 Å². The Kier molecular flexibility index (Phi) is 3.40. The average Bonchev–Trinajstić information content (AvgIpc) is 3.03. The summed E-state index contributed by atoms with van der Waals surface area (Å²) < 4.78 is 3.67. The number of nitrogens with one attached hydrogen (secondary N) is 2. The van der Waals surface area contributed by atoms with Crippen LogP contribution < -0.4 is 10.6 Å². The molecule has 0 saturated heterocycles. The molecule has 112 valence electrons. The molecule has 1 aliphatic heterocycles. The van der Waals surface area contributed by atoms with Crippen LogP contribution >= 0.6 is 0 Å². The Labute approximate surface area is 123 Å². The third-order valence-electron chi connectivity index (χ3n) is 3.57. The molecule has 3 heterocycles. The molecule has 1 atom stereocenters. The fourth-order valence-corrected chi connectivity index (χ4v) is 2.65. The van der Waals surface area contributed by atoms with Gasteiger partial charge in [-0.25, -0.2) is 4.68 Å². The van der Waals surface area contributed by atoms with Crippen LogP contribution in [0.3, 0.4) is 0 Å². The van der Waals surface area contributed by atoms with Crippen LogP contribution in [-0.4, -0.2) is 38.1 Å². The lowest BCUT2D eigenvalue weighted by atomic mass is 10.1. The summed E-state index contributed by atoms with van der Waals surface area (Å²) in [5.74, 6) is 0.693. The highest BCUT2D eigenvalue weighted by atomic mass is 16.1. The minimum atomic E-state index is -0.0920. The summed E-state index contributed by atoms with van der Waals surface area (Å²) in [6, 6.07) is 0.223. The summed E-state index contributed by atoms with van der Waals surface area (Å²) in [7, 11) is 1.90. The van der Waals surface area contributed by atoms with E-state index in [1.807, 2.05) is 38.0 Å². The lowest BCUT2D eigenvalue weighted by Crippen LogP contribution is -2.31. The van der Waals surface area contributed by atoms with Crippen LogP contribution in [0.1, 0.15) is 42.2 Å². The minimum absolute atomic E-state index is 0.0920. The van der Waals surface area contributed by atoms with Crippen molar-refractivity contribution >= 4 is 11.7 Å². The van der Waals surface area contributed by atoms with Crippen LogP contribution in [-0.2, 0) is 7.05 Å². The number of fused-ring (bicyclic) bond motifs is 1. The first-order chi connectivity index (χ1) is 10.1. The first-order valence-electron chi connectivity index (χ1n) is 7.17. The second kappa shape index (κ2) is 5.23. The van der Waals surface area contributed by atoms with E-state index < -0.39 is 0 Å². The molecule has 2 N–H and O–H groups in total. The number of carbonyl (C=O) groups excluding carboxylic acids is 1. The Balaban J connectivity index is 1.93. The smallest absolute Gasteiger partial charge is 0.256 e. The van der Waals surface area contributed by atoms with E-state index in [4.69, 9.17) is 0 Å². The van der Waals surface area contributed by atoms with E-state index in [-0.39, 0.29) is 18.0 Å². The van der Waals surface area contributed by atoms with Gasteiger partial charge in [-0.3, -0.25) is 9.48 Å². The highest BCUT2D eigenvalue weighted by Gasteiger charge is 2.27. The fraction of sp³-hybridized carbons (Fsp3) is 0.500. The standard InChI is InChI=1S/C14H20N6O/c1-9(2)18-14(21)11-7-17-20-12(4-5-15-13(11)20)10-6-16-19(3)8-10/h6-9,12,15H,4-5H2,1-3H3,(H,18,21). The maximum absolute atomic E-state index is 12.2. The summed E-state index contributed by atoms with van der Waals surface area (Å²) in [5.41, 5.74) is 1.71. The third-order valence-corrected chi connectivity index (χ3v) is 3.57. The molecule has 0 radical (unpaired) electrons. The quantitative estimate of drug-likeness (QED) is 0.888. The summed E-state index contributed by atoms with van der Waals surface area (Å²) in [6.45, 7) is 4.70. The van der Waals surface area contributed by atoms with Gasteiger partial charge < -0.3 is 10.6 Å². The number of aromatic nitrogens is 4. The second-order valence-electron chi connectivity index (χ2n) is 5.66. The van der Waals surface area contributed by atoms with E-state index in [0.29, 0.717) is 5.56 Å². The Hall–Kier alpha value is -2.31. The van der Waals surface area contributed by atoms with Crippen LogP contribution in [0.5, 0.6) is 0 Å². The van der Waals surface area contributed by atoms with E-state index in [1.165, 1.54) is 0 Å². The molecule has 21 heavy (non-hydrogen) atoms. The van der Waals surface area contributed by atoms with Gasteiger partial charge in [0.25, 0.3) is 5.91 Å². The highest BCUT2D eigenvalue weighted by Crippen LogP contribution is 2.30. The molecule has 0 saturated carbocycles. The zero-order valence-electron chi connectivity index (χ0n) is 12.5. The Morgan fingerprint density at radius 2 is 2.24 bits per heavy atom. The molecule has 7 nitrogen and oxygen atoms in total. The van der Waals surface area contributed by atoms with E-state index in [9.17, 15) is 4.79 Å². The summed E-state index contributed by atoms with van der Waals surface area (Å²) in [5, 5.41) is 14.8. The van der Waals surface area contributed by atoms with E-state index in [2.05, 4.69) is 20.8 Å². The highest BCUT2D eigenvalue weighted by molar-refractivity contribution is 5.99. The van der Waals surface area contributed by atoms with Gasteiger partial charge in [0.1, 0.15) is 11.4 Å². The molecule has 0 spiro atoms. The maximum Gasteiger partial charge on any atom is 0.256 e. The molecular weight excluding hydrogens is 268 g/mol. The molecule has 2 aromatic heterocycles. The molecule has 2 aromatic rings. The molecule has 1 unspecified atom stereocenters. The summed E-state index contributed by atoms with van der Waals surface area (Å²) in [6.07, 6.45) is 6.41. The number of hydrogen-bond acceptors (Lipinski definition) is 4. The average molecular weight is 288 g/mol. The topological polar surface area (TPSA) is 76.8 Å². The third kappa shape index (κ3) is 2.51. The van der Waals surface area contributed by atoms with E-state index >= 15 is 0 Å². The number of anilines is 1. The van der Waals surface area contributed by atoms with Crippen molar-refractivity contribution < 1.29 is 4.79 Å². The normalized spacial score (nSPS) is 17.4. The largest absolute Gasteiger partial charge is 0.369 e. The van der Waals surface area contributed by atoms with Crippen molar-refractivity contribution in [3.05, 3.63) is 29.7 Å². The molecule has 0 bridgehead atoms. The van der Waals surface area contributed by atoms with Gasteiger partial charge in [-0.05, 0) is 20.3 Å². The van der Waals surface area contributed by atoms with Gasteiger partial charge in [-0.1, -0.05) is 0 Å². The fourth-order valence-electron chi connectivity index (χ4n) is 2.65. The molecule has 0 aliphatic carbocycles. The van der Waals surface area contributed by atoms with Gasteiger partial charge >= 0.3 is 0 Å². The molecule has 7 heteroatoms. The second-order valence-corrected chi connectivity index (χ2v) is 5.66. The van der Waals surface area contributed by atoms with Gasteiger partial charge in [0, 0.05) is 31.4 Å². The molecule has 0 fully saturated rings.